The highest BCUT2D eigenvalue weighted by molar-refractivity contribution is 5.80. The Morgan fingerprint density at radius 2 is 2.14 bits per heavy atom. The van der Waals surface area contributed by atoms with Crippen molar-refractivity contribution in [2.75, 3.05) is 7.11 Å². The van der Waals surface area contributed by atoms with E-state index in [2.05, 4.69) is 5.32 Å². The molecule has 1 aromatic carbocycles. The molecule has 0 heterocycles. The van der Waals surface area contributed by atoms with Crippen molar-refractivity contribution in [1.82, 2.24) is 5.32 Å². The van der Waals surface area contributed by atoms with Gasteiger partial charge in [-0.3, -0.25) is 4.79 Å². The van der Waals surface area contributed by atoms with Crippen molar-refractivity contribution < 1.29 is 9.53 Å². The van der Waals surface area contributed by atoms with Crippen molar-refractivity contribution in [2.24, 2.45) is 23.5 Å². The molecule has 0 aliphatic heterocycles. The number of benzene rings is 1. The van der Waals surface area contributed by atoms with Crippen molar-refractivity contribution in [3.05, 3.63) is 29.3 Å². The van der Waals surface area contributed by atoms with Crippen LogP contribution in [-0.4, -0.2) is 19.1 Å². The summed E-state index contributed by atoms with van der Waals surface area (Å²) >= 11 is 0. The highest BCUT2D eigenvalue weighted by Gasteiger charge is 2.48. The molecule has 2 bridgehead atoms. The quantitative estimate of drug-likeness (QED) is 0.890. The third-order valence-electron chi connectivity index (χ3n) is 5.18. The van der Waals surface area contributed by atoms with Crippen molar-refractivity contribution >= 4 is 5.91 Å². The molecule has 2 aliphatic rings. The Labute approximate surface area is 126 Å². The minimum atomic E-state index is 0.000179. The summed E-state index contributed by atoms with van der Waals surface area (Å²) in [5.74, 6) is 1.98. The second-order valence-corrected chi connectivity index (χ2v) is 6.47. The number of nitrogens with one attached hydrogen (secondary N) is 1. The first-order valence-corrected chi connectivity index (χ1v) is 7.77. The van der Waals surface area contributed by atoms with Gasteiger partial charge in [-0.15, -0.1) is 0 Å². The van der Waals surface area contributed by atoms with Gasteiger partial charge in [0.05, 0.1) is 13.0 Å². The topological polar surface area (TPSA) is 64.3 Å². The number of aryl methyl sites for hydroxylation is 1. The van der Waals surface area contributed by atoms with Gasteiger partial charge in [0.25, 0.3) is 0 Å². The van der Waals surface area contributed by atoms with Crippen molar-refractivity contribution in [3.8, 4) is 5.75 Å². The van der Waals surface area contributed by atoms with Crippen LogP contribution in [0.2, 0.25) is 0 Å². The Bertz CT molecular complexity index is 542. The van der Waals surface area contributed by atoms with E-state index in [4.69, 9.17) is 10.5 Å². The maximum absolute atomic E-state index is 12.5. The minimum Gasteiger partial charge on any atom is -0.496 e. The molecule has 2 fully saturated rings. The molecule has 4 atom stereocenters. The number of methoxy groups -OCH3 is 1. The first-order valence-electron chi connectivity index (χ1n) is 7.77. The summed E-state index contributed by atoms with van der Waals surface area (Å²) in [7, 11) is 1.66. The molecule has 2 saturated carbocycles. The van der Waals surface area contributed by atoms with E-state index in [1.807, 2.05) is 25.1 Å². The molecule has 0 spiro atoms. The van der Waals surface area contributed by atoms with Gasteiger partial charge in [0, 0.05) is 18.2 Å². The molecule has 1 aromatic rings. The molecule has 0 radical (unpaired) electrons. The molecule has 21 heavy (non-hydrogen) atoms. The second-order valence-electron chi connectivity index (χ2n) is 6.47. The Morgan fingerprint density at radius 3 is 2.81 bits per heavy atom. The number of carbonyl (C=O) groups is 1. The summed E-state index contributed by atoms with van der Waals surface area (Å²) in [5, 5.41) is 3.05. The molecule has 0 aromatic heterocycles. The first-order chi connectivity index (χ1) is 10.1. The largest absolute Gasteiger partial charge is 0.496 e. The number of ether oxygens (including phenoxy) is 1. The molecule has 4 unspecified atom stereocenters. The van der Waals surface area contributed by atoms with Crippen molar-refractivity contribution in [3.63, 3.8) is 0 Å². The van der Waals surface area contributed by atoms with E-state index in [9.17, 15) is 4.79 Å². The number of amides is 1. The monoisotopic (exact) mass is 288 g/mol. The van der Waals surface area contributed by atoms with Gasteiger partial charge in [0.2, 0.25) is 5.91 Å². The number of rotatable bonds is 4. The van der Waals surface area contributed by atoms with E-state index in [1.165, 1.54) is 6.42 Å². The second kappa shape index (κ2) is 5.68. The van der Waals surface area contributed by atoms with Gasteiger partial charge in [-0.25, -0.2) is 0 Å². The highest BCUT2D eigenvalue weighted by Crippen LogP contribution is 2.47. The molecule has 4 nitrogen and oxygen atoms in total. The van der Waals surface area contributed by atoms with E-state index in [0.717, 1.165) is 29.7 Å². The van der Waals surface area contributed by atoms with Crippen molar-refractivity contribution in [2.45, 2.75) is 38.8 Å². The van der Waals surface area contributed by atoms with Gasteiger partial charge in [-0.05, 0) is 49.7 Å². The molecular weight excluding hydrogens is 264 g/mol. The minimum absolute atomic E-state index is 0.000179. The Morgan fingerprint density at radius 1 is 1.38 bits per heavy atom. The molecule has 3 rings (SSSR count). The lowest BCUT2D eigenvalue weighted by Crippen LogP contribution is -2.45. The molecule has 1 amide bonds. The number of hydrogen-bond acceptors (Lipinski definition) is 3. The van der Waals surface area contributed by atoms with E-state index >= 15 is 0 Å². The predicted octanol–water partition coefficient (Wildman–Crippen LogP) is 1.99. The van der Waals surface area contributed by atoms with Crippen LogP contribution in [0, 0.1) is 24.7 Å². The average molecular weight is 288 g/mol. The van der Waals surface area contributed by atoms with Gasteiger partial charge in [0.15, 0.2) is 0 Å². The molecule has 0 saturated heterocycles. The fraction of sp³-hybridized carbons (Fsp3) is 0.588. The lowest BCUT2D eigenvalue weighted by atomic mass is 9.84. The average Bonchev–Trinajstić information content (AvgIpc) is 3.06. The van der Waals surface area contributed by atoms with Crippen LogP contribution < -0.4 is 15.8 Å². The SMILES string of the molecule is COc1cc(C)ccc1CNC(=O)C1C2CCC(C2)C1N. The summed E-state index contributed by atoms with van der Waals surface area (Å²) in [5.41, 5.74) is 8.38. The van der Waals surface area contributed by atoms with Crippen LogP contribution in [0.5, 0.6) is 5.75 Å². The summed E-state index contributed by atoms with van der Waals surface area (Å²) < 4.78 is 5.38. The standard InChI is InChI=1S/C17H24N2O2/c1-10-3-4-13(14(7-10)21-2)9-19-17(20)15-11-5-6-12(8-11)16(15)18/h3-4,7,11-12,15-16H,5-6,8-9,18H2,1-2H3,(H,19,20). The Kier molecular flexibility index (Phi) is 3.89. The van der Waals surface area contributed by atoms with Crippen LogP contribution in [0.4, 0.5) is 0 Å². The fourth-order valence-electron chi connectivity index (χ4n) is 4.02. The number of hydrogen-bond donors (Lipinski definition) is 2. The summed E-state index contributed by atoms with van der Waals surface area (Å²) in [6.07, 6.45) is 3.48. The van der Waals surface area contributed by atoms with Crippen LogP contribution in [0.3, 0.4) is 0 Å². The lowest BCUT2D eigenvalue weighted by molar-refractivity contribution is -0.127. The maximum Gasteiger partial charge on any atom is 0.225 e. The van der Waals surface area contributed by atoms with Crippen LogP contribution in [0.1, 0.15) is 30.4 Å². The summed E-state index contributed by atoms with van der Waals surface area (Å²) in [6, 6.07) is 6.08. The zero-order chi connectivity index (χ0) is 15.0. The summed E-state index contributed by atoms with van der Waals surface area (Å²) in [4.78, 5) is 12.5. The highest BCUT2D eigenvalue weighted by atomic mass is 16.5. The van der Waals surface area contributed by atoms with E-state index in [0.29, 0.717) is 18.4 Å². The number of nitrogens with two attached hydrogens (primary N) is 1. The van der Waals surface area contributed by atoms with Gasteiger partial charge in [-0.2, -0.15) is 0 Å². The van der Waals surface area contributed by atoms with Crippen LogP contribution in [-0.2, 0) is 11.3 Å². The van der Waals surface area contributed by atoms with Crippen LogP contribution in [0.15, 0.2) is 18.2 Å². The fourth-order valence-corrected chi connectivity index (χ4v) is 4.02. The first kappa shape index (κ1) is 14.4. The smallest absolute Gasteiger partial charge is 0.225 e. The molecule has 3 N–H and O–H groups in total. The normalized spacial score (nSPS) is 30.4. The van der Waals surface area contributed by atoms with E-state index in [-0.39, 0.29) is 17.9 Å². The summed E-state index contributed by atoms with van der Waals surface area (Å²) in [6.45, 7) is 2.53. The Balaban J connectivity index is 1.64. The zero-order valence-corrected chi connectivity index (χ0v) is 12.8. The molecule has 4 heteroatoms. The maximum atomic E-state index is 12.5. The van der Waals surface area contributed by atoms with Gasteiger partial charge in [-0.1, -0.05) is 12.1 Å². The predicted molar refractivity (Wildman–Crippen MR) is 81.9 cm³/mol. The molecule has 2 aliphatic carbocycles. The third kappa shape index (κ3) is 2.64. The van der Waals surface area contributed by atoms with Gasteiger partial charge < -0.3 is 15.8 Å². The molecular formula is C17H24N2O2. The van der Waals surface area contributed by atoms with Crippen LogP contribution >= 0.6 is 0 Å². The third-order valence-corrected chi connectivity index (χ3v) is 5.18. The van der Waals surface area contributed by atoms with Crippen LogP contribution in [0.25, 0.3) is 0 Å². The Hall–Kier alpha value is -1.55. The van der Waals surface area contributed by atoms with E-state index < -0.39 is 0 Å². The van der Waals surface area contributed by atoms with Gasteiger partial charge >= 0.3 is 0 Å². The van der Waals surface area contributed by atoms with Gasteiger partial charge in [0.1, 0.15) is 5.75 Å². The lowest BCUT2D eigenvalue weighted by Gasteiger charge is -2.27. The van der Waals surface area contributed by atoms with E-state index in [1.54, 1.807) is 7.11 Å². The van der Waals surface area contributed by atoms with Crippen molar-refractivity contribution in [1.29, 1.82) is 0 Å². The zero-order valence-electron chi connectivity index (χ0n) is 12.8. The number of fused-ring (bicyclic) bond motifs is 2. The molecule has 114 valence electrons. The number of carbonyl (C=O) groups excluding carboxylic acids is 1.